The van der Waals surface area contributed by atoms with Gasteiger partial charge in [-0.1, -0.05) is 48.5 Å². The number of rotatable bonds is 8. The maximum atomic E-state index is 6.02. The van der Waals surface area contributed by atoms with E-state index in [0.29, 0.717) is 0 Å². The van der Waals surface area contributed by atoms with Crippen LogP contribution >= 0.6 is 0 Å². The predicted molar refractivity (Wildman–Crippen MR) is 91.5 cm³/mol. The van der Waals surface area contributed by atoms with Gasteiger partial charge in [0.15, 0.2) is 0 Å². The average molecular weight is 295 g/mol. The fourth-order valence-electron chi connectivity index (χ4n) is 2.85. The highest BCUT2D eigenvalue weighted by atomic mass is 16.5. The molecule has 0 aromatic heterocycles. The molecule has 2 nitrogen and oxygen atoms in total. The Balaban J connectivity index is 1.48. The lowest BCUT2D eigenvalue weighted by Gasteiger charge is -2.30. The van der Waals surface area contributed by atoms with E-state index < -0.39 is 0 Å². The van der Waals surface area contributed by atoms with E-state index in [2.05, 4.69) is 59.5 Å². The summed E-state index contributed by atoms with van der Waals surface area (Å²) in [5.74, 6) is 1.06. The van der Waals surface area contributed by atoms with Crippen LogP contribution in [0.3, 0.4) is 0 Å². The van der Waals surface area contributed by atoms with Crippen LogP contribution in [0.15, 0.2) is 54.6 Å². The number of benzene rings is 2. The first-order chi connectivity index (χ1) is 10.9. The summed E-state index contributed by atoms with van der Waals surface area (Å²) in [5.41, 5.74) is 2.70. The van der Waals surface area contributed by atoms with Crippen LogP contribution in [-0.2, 0) is 12.8 Å². The van der Waals surface area contributed by atoms with Crippen LogP contribution in [0.4, 0.5) is 0 Å². The van der Waals surface area contributed by atoms with Crippen molar-refractivity contribution in [3.8, 4) is 5.75 Å². The summed E-state index contributed by atoms with van der Waals surface area (Å²) in [6.07, 6.45) is 4.58. The fourth-order valence-corrected chi connectivity index (χ4v) is 2.85. The predicted octanol–water partition coefficient (Wildman–Crippen LogP) is 3.95. The first-order valence-corrected chi connectivity index (χ1v) is 8.39. The van der Waals surface area contributed by atoms with Gasteiger partial charge < -0.3 is 9.64 Å². The van der Waals surface area contributed by atoms with Crippen molar-refractivity contribution < 1.29 is 4.74 Å². The van der Waals surface area contributed by atoms with Gasteiger partial charge in [0, 0.05) is 6.54 Å². The van der Waals surface area contributed by atoms with Gasteiger partial charge in [0.25, 0.3) is 0 Å². The van der Waals surface area contributed by atoms with Crippen LogP contribution in [-0.4, -0.2) is 31.1 Å². The van der Waals surface area contributed by atoms with Gasteiger partial charge >= 0.3 is 0 Å². The average Bonchev–Trinajstić information content (AvgIpc) is 2.53. The van der Waals surface area contributed by atoms with Crippen molar-refractivity contribution in [2.45, 2.75) is 25.7 Å². The molecule has 0 bridgehead atoms. The maximum absolute atomic E-state index is 6.02. The van der Waals surface area contributed by atoms with Crippen LogP contribution in [0.25, 0.3) is 0 Å². The molecular formula is C20H25NO. The molecule has 0 atom stereocenters. The summed E-state index contributed by atoms with van der Waals surface area (Å²) in [6, 6.07) is 19.1. The van der Waals surface area contributed by atoms with Crippen LogP contribution in [0, 0.1) is 0 Å². The van der Waals surface area contributed by atoms with E-state index in [9.17, 15) is 0 Å². The second-order valence-corrected chi connectivity index (χ2v) is 5.99. The minimum absolute atomic E-state index is 0.818. The van der Waals surface area contributed by atoms with Crippen molar-refractivity contribution in [1.82, 2.24) is 4.90 Å². The van der Waals surface area contributed by atoms with Crippen LogP contribution in [0.1, 0.15) is 24.0 Å². The molecule has 0 aliphatic carbocycles. The smallest absolute Gasteiger partial charge is 0.122 e. The Morgan fingerprint density at radius 1 is 0.864 bits per heavy atom. The molecule has 0 amide bonds. The summed E-state index contributed by atoms with van der Waals surface area (Å²) < 4.78 is 6.02. The lowest BCUT2D eigenvalue weighted by Crippen LogP contribution is -2.38. The largest absolute Gasteiger partial charge is 0.493 e. The molecule has 116 valence electrons. The van der Waals surface area contributed by atoms with E-state index in [4.69, 9.17) is 4.74 Å². The Hall–Kier alpha value is -1.80. The summed E-state index contributed by atoms with van der Waals surface area (Å²) >= 11 is 0. The molecule has 3 rings (SSSR count). The molecule has 1 saturated heterocycles. The molecule has 1 heterocycles. The first kappa shape index (κ1) is 15.1. The highest BCUT2D eigenvalue weighted by Gasteiger charge is 2.12. The van der Waals surface area contributed by atoms with Gasteiger partial charge in [-0.05, 0) is 56.0 Å². The van der Waals surface area contributed by atoms with Crippen molar-refractivity contribution in [3.05, 3.63) is 65.7 Å². The maximum Gasteiger partial charge on any atom is 0.122 e. The molecule has 2 aromatic rings. The minimum atomic E-state index is 0.818. The second-order valence-electron chi connectivity index (χ2n) is 5.99. The fraction of sp³-hybridized carbons (Fsp3) is 0.400. The van der Waals surface area contributed by atoms with Gasteiger partial charge in [-0.2, -0.15) is 0 Å². The zero-order valence-electron chi connectivity index (χ0n) is 13.2. The van der Waals surface area contributed by atoms with Crippen LogP contribution in [0.5, 0.6) is 5.75 Å². The topological polar surface area (TPSA) is 12.5 Å². The van der Waals surface area contributed by atoms with Gasteiger partial charge in [-0.3, -0.25) is 0 Å². The molecule has 0 unspecified atom stereocenters. The minimum Gasteiger partial charge on any atom is -0.493 e. The van der Waals surface area contributed by atoms with Gasteiger partial charge in [0.1, 0.15) is 5.75 Å². The van der Waals surface area contributed by atoms with Crippen molar-refractivity contribution >= 4 is 0 Å². The molecule has 1 fully saturated rings. The zero-order chi connectivity index (χ0) is 15.0. The second kappa shape index (κ2) is 8.00. The number of aryl methyl sites for hydroxylation is 2. The molecule has 2 heteroatoms. The van der Waals surface area contributed by atoms with Crippen LogP contribution < -0.4 is 4.74 Å². The van der Waals surface area contributed by atoms with Gasteiger partial charge in [-0.15, -0.1) is 0 Å². The number of para-hydroxylation sites is 1. The van der Waals surface area contributed by atoms with Crippen molar-refractivity contribution in [1.29, 1.82) is 0 Å². The molecule has 1 aliphatic heterocycles. The summed E-state index contributed by atoms with van der Waals surface area (Å²) in [4.78, 5) is 2.49. The summed E-state index contributed by atoms with van der Waals surface area (Å²) in [5, 5.41) is 0. The SMILES string of the molecule is c1ccc(CCc2ccccc2OCCCN2CCC2)cc1. The van der Waals surface area contributed by atoms with E-state index in [1.165, 1.54) is 37.2 Å². The number of ether oxygens (including phenoxy) is 1. The highest BCUT2D eigenvalue weighted by Crippen LogP contribution is 2.20. The Labute approximate surface area is 133 Å². The van der Waals surface area contributed by atoms with Crippen molar-refractivity contribution in [2.75, 3.05) is 26.2 Å². The Morgan fingerprint density at radius 2 is 1.64 bits per heavy atom. The first-order valence-electron chi connectivity index (χ1n) is 8.39. The molecule has 0 radical (unpaired) electrons. The highest BCUT2D eigenvalue weighted by molar-refractivity contribution is 5.34. The standard InChI is InChI=1S/C20H25NO/c1-2-8-18(9-3-1)12-13-19-10-4-5-11-20(19)22-17-7-16-21-14-6-15-21/h1-5,8-11H,6-7,12-17H2. The Morgan fingerprint density at radius 3 is 2.41 bits per heavy atom. The van der Waals surface area contributed by atoms with E-state index in [1.54, 1.807) is 0 Å². The van der Waals surface area contributed by atoms with E-state index >= 15 is 0 Å². The molecule has 0 spiro atoms. The van der Waals surface area contributed by atoms with E-state index in [0.717, 1.165) is 31.6 Å². The monoisotopic (exact) mass is 295 g/mol. The molecule has 0 N–H and O–H groups in total. The Kier molecular flexibility index (Phi) is 5.49. The number of hydrogen-bond donors (Lipinski definition) is 0. The molecular weight excluding hydrogens is 270 g/mol. The lowest BCUT2D eigenvalue weighted by molar-refractivity contribution is 0.165. The Bertz CT molecular complexity index is 563. The quantitative estimate of drug-likeness (QED) is 0.684. The third kappa shape index (κ3) is 4.35. The third-order valence-electron chi connectivity index (χ3n) is 4.32. The van der Waals surface area contributed by atoms with Gasteiger partial charge in [-0.25, -0.2) is 0 Å². The van der Waals surface area contributed by atoms with Gasteiger partial charge in [0.2, 0.25) is 0 Å². The lowest BCUT2D eigenvalue weighted by atomic mass is 10.0. The summed E-state index contributed by atoms with van der Waals surface area (Å²) in [6.45, 7) is 4.53. The molecule has 22 heavy (non-hydrogen) atoms. The van der Waals surface area contributed by atoms with Crippen LogP contribution in [0.2, 0.25) is 0 Å². The van der Waals surface area contributed by atoms with Gasteiger partial charge in [0.05, 0.1) is 6.61 Å². The van der Waals surface area contributed by atoms with Crippen molar-refractivity contribution in [3.63, 3.8) is 0 Å². The summed E-state index contributed by atoms with van der Waals surface area (Å²) in [7, 11) is 0. The van der Waals surface area contributed by atoms with E-state index in [1.807, 2.05) is 0 Å². The van der Waals surface area contributed by atoms with E-state index in [-0.39, 0.29) is 0 Å². The molecule has 2 aromatic carbocycles. The number of likely N-dealkylation sites (tertiary alicyclic amines) is 1. The normalized spacial score (nSPS) is 14.5. The zero-order valence-corrected chi connectivity index (χ0v) is 13.2. The molecule has 0 saturated carbocycles. The third-order valence-corrected chi connectivity index (χ3v) is 4.32. The number of nitrogens with zero attached hydrogens (tertiary/aromatic N) is 1. The van der Waals surface area contributed by atoms with Crippen molar-refractivity contribution in [2.24, 2.45) is 0 Å². The number of hydrogen-bond acceptors (Lipinski definition) is 2. The molecule has 1 aliphatic rings.